The third kappa shape index (κ3) is 4.72. The second-order valence-electron chi connectivity index (χ2n) is 5.88. The van der Waals surface area contributed by atoms with Gasteiger partial charge in [-0.1, -0.05) is 48.0 Å². The van der Waals surface area contributed by atoms with E-state index in [1.54, 1.807) is 25.1 Å². The number of carbonyl (C=O) groups is 2. The van der Waals surface area contributed by atoms with Gasteiger partial charge in [0.15, 0.2) is 6.61 Å². The molecule has 5 nitrogen and oxygen atoms in total. The van der Waals surface area contributed by atoms with E-state index in [0.29, 0.717) is 21.3 Å². The van der Waals surface area contributed by atoms with E-state index in [0.717, 1.165) is 16.1 Å². The zero-order valence-corrected chi connectivity index (χ0v) is 16.4. The molecule has 3 rings (SSSR count). The molecule has 1 heterocycles. The molecule has 0 aliphatic rings. The smallest absolute Gasteiger partial charge is 0.350 e. The maximum Gasteiger partial charge on any atom is 0.350 e. The lowest BCUT2D eigenvalue weighted by Gasteiger charge is -2.09. The fourth-order valence-corrected chi connectivity index (χ4v) is 3.54. The number of esters is 1. The summed E-state index contributed by atoms with van der Waals surface area (Å²) in [7, 11) is 0. The van der Waals surface area contributed by atoms with Crippen molar-refractivity contribution in [2.75, 3.05) is 11.9 Å². The number of rotatable bonds is 5. The number of amides is 1. The zero-order valence-electron chi connectivity index (χ0n) is 14.8. The monoisotopic (exact) mass is 400 g/mol. The van der Waals surface area contributed by atoms with Gasteiger partial charge in [0.1, 0.15) is 9.88 Å². The summed E-state index contributed by atoms with van der Waals surface area (Å²) in [6.45, 7) is 3.21. The normalized spacial score (nSPS) is 10.5. The molecule has 0 saturated heterocycles. The van der Waals surface area contributed by atoms with Gasteiger partial charge in [-0.25, -0.2) is 9.78 Å². The number of hydrogen-bond donors (Lipinski definition) is 1. The highest BCUT2D eigenvalue weighted by atomic mass is 35.5. The Kier molecular flexibility index (Phi) is 5.88. The number of aryl methyl sites for hydroxylation is 2. The number of anilines is 1. The quantitative estimate of drug-likeness (QED) is 0.620. The largest absolute Gasteiger partial charge is 0.451 e. The standard InChI is InChI=1S/C20H17ClN2O3S/c1-12-8-9-15(21)10-16(12)23-17(24)11-26-20(25)18-13(2)22-19(27-18)14-6-4-3-5-7-14/h3-10H,11H2,1-2H3,(H,23,24). The van der Waals surface area contributed by atoms with Crippen molar-refractivity contribution in [1.82, 2.24) is 4.98 Å². The Morgan fingerprint density at radius 2 is 1.89 bits per heavy atom. The molecular weight excluding hydrogens is 384 g/mol. The van der Waals surface area contributed by atoms with Gasteiger partial charge >= 0.3 is 5.97 Å². The first-order chi connectivity index (χ1) is 12.9. The molecule has 7 heteroatoms. The Morgan fingerprint density at radius 1 is 1.15 bits per heavy atom. The lowest BCUT2D eigenvalue weighted by molar-refractivity contribution is -0.119. The van der Waals surface area contributed by atoms with Crippen LogP contribution in [0.25, 0.3) is 10.6 Å². The molecule has 0 aliphatic heterocycles. The van der Waals surface area contributed by atoms with Crippen LogP contribution in [0.3, 0.4) is 0 Å². The lowest BCUT2D eigenvalue weighted by Crippen LogP contribution is -2.21. The number of thiazole rings is 1. The summed E-state index contributed by atoms with van der Waals surface area (Å²) < 4.78 is 5.15. The van der Waals surface area contributed by atoms with Gasteiger partial charge in [-0.15, -0.1) is 11.3 Å². The highest BCUT2D eigenvalue weighted by molar-refractivity contribution is 7.17. The summed E-state index contributed by atoms with van der Waals surface area (Å²) in [6.07, 6.45) is 0. The van der Waals surface area contributed by atoms with Crippen molar-refractivity contribution in [3.63, 3.8) is 0 Å². The van der Waals surface area contributed by atoms with Gasteiger partial charge < -0.3 is 10.1 Å². The average Bonchev–Trinajstić information content (AvgIpc) is 3.05. The minimum atomic E-state index is -0.565. The first kappa shape index (κ1) is 19.1. The van der Waals surface area contributed by atoms with E-state index in [1.165, 1.54) is 11.3 Å². The van der Waals surface area contributed by atoms with Gasteiger partial charge in [0.25, 0.3) is 5.91 Å². The molecule has 1 aromatic heterocycles. The molecule has 0 aliphatic carbocycles. The third-order valence-corrected chi connectivity index (χ3v) is 5.23. The van der Waals surface area contributed by atoms with Crippen LogP contribution in [0.5, 0.6) is 0 Å². The van der Waals surface area contributed by atoms with E-state index in [1.807, 2.05) is 37.3 Å². The van der Waals surface area contributed by atoms with Gasteiger partial charge in [0.05, 0.1) is 5.69 Å². The van der Waals surface area contributed by atoms with Crippen LogP contribution >= 0.6 is 22.9 Å². The van der Waals surface area contributed by atoms with Crippen LogP contribution in [0.2, 0.25) is 5.02 Å². The van der Waals surface area contributed by atoms with Gasteiger partial charge in [-0.3, -0.25) is 4.79 Å². The second-order valence-corrected chi connectivity index (χ2v) is 7.32. The topological polar surface area (TPSA) is 68.3 Å². The first-order valence-electron chi connectivity index (χ1n) is 8.20. The Bertz CT molecular complexity index is 986. The molecule has 0 saturated carbocycles. The molecule has 3 aromatic rings. The summed E-state index contributed by atoms with van der Waals surface area (Å²) in [5.41, 5.74) is 2.96. The number of nitrogens with one attached hydrogen (secondary N) is 1. The summed E-state index contributed by atoms with van der Waals surface area (Å²) in [6, 6.07) is 14.8. The minimum absolute atomic E-state index is 0.386. The van der Waals surface area contributed by atoms with Crippen LogP contribution < -0.4 is 5.32 Å². The fraction of sp³-hybridized carbons (Fsp3) is 0.150. The molecule has 1 amide bonds. The molecule has 1 N–H and O–H groups in total. The molecule has 0 radical (unpaired) electrons. The van der Waals surface area contributed by atoms with Crippen LogP contribution in [0.4, 0.5) is 5.69 Å². The highest BCUT2D eigenvalue weighted by Crippen LogP contribution is 2.28. The summed E-state index contributed by atoms with van der Waals surface area (Å²) in [5, 5.41) is 3.94. The molecule has 2 aromatic carbocycles. The van der Waals surface area contributed by atoms with Crippen LogP contribution in [-0.2, 0) is 9.53 Å². The van der Waals surface area contributed by atoms with Gasteiger partial charge in [-0.2, -0.15) is 0 Å². The fourth-order valence-electron chi connectivity index (χ4n) is 2.40. The molecule has 138 valence electrons. The number of carbonyl (C=O) groups excluding carboxylic acids is 2. The molecule has 0 fully saturated rings. The van der Waals surface area contributed by atoms with Crippen molar-refractivity contribution in [1.29, 1.82) is 0 Å². The number of hydrogen-bond acceptors (Lipinski definition) is 5. The van der Waals surface area contributed by atoms with Gasteiger partial charge in [0, 0.05) is 16.3 Å². The van der Waals surface area contributed by atoms with Gasteiger partial charge in [-0.05, 0) is 31.5 Å². The molecular formula is C20H17ClN2O3S. The minimum Gasteiger partial charge on any atom is -0.451 e. The van der Waals surface area contributed by atoms with Crippen LogP contribution in [-0.4, -0.2) is 23.5 Å². The summed E-state index contributed by atoms with van der Waals surface area (Å²) >= 11 is 7.18. The van der Waals surface area contributed by atoms with Crippen LogP contribution in [0.15, 0.2) is 48.5 Å². The second kappa shape index (κ2) is 8.33. The van der Waals surface area contributed by atoms with E-state index in [2.05, 4.69) is 10.3 Å². The lowest BCUT2D eigenvalue weighted by atomic mass is 10.2. The Balaban J connectivity index is 1.63. The number of nitrogens with zero attached hydrogens (tertiary/aromatic N) is 1. The average molecular weight is 401 g/mol. The summed E-state index contributed by atoms with van der Waals surface area (Å²) in [4.78, 5) is 29.2. The van der Waals surface area contributed by atoms with Crippen molar-refractivity contribution < 1.29 is 14.3 Å². The van der Waals surface area contributed by atoms with Crippen molar-refractivity contribution in [3.05, 3.63) is 69.7 Å². The number of aromatic nitrogens is 1. The van der Waals surface area contributed by atoms with Crippen LogP contribution in [0.1, 0.15) is 20.9 Å². The zero-order chi connectivity index (χ0) is 19.4. The maximum atomic E-state index is 12.3. The van der Waals surface area contributed by atoms with Crippen molar-refractivity contribution in [2.24, 2.45) is 0 Å². The van der Waals surface area contributed by atoms with Crippen LogP contribution in [0, 0.1) is 13.8 Å². The van der Waals surface area contributed by atoms with Crippen molar-refractivity contribution in [2.45, 2.75) is 13.8 Å². The molecule has 0 bridgehead atoms. The predicted octanol–water partition coefficient (Wildman–Crippen LogP) is 4.88. The van der Waals surface area contributed by atoms with E-state index in [4.69, 9.17) is 16.3 Å². The summed E-state index contributed by atoms with van der Waals surface area (Å²) in [5.74, 6) is -0.996. The van der Waals surface area contributed by atoms with E-state index in [9.17, 15) is 9.59 Å². The number of benzene rings is 2. The SMILES string of the molecule is Cc1ccc(Cl)cc1NC(=O)COC(=O)c1sc(-c2ccccc2)nc1C. The van der Waals surface area contributed by atoms with Gasteiger partial charge in [0.2, 0.25) is 0 Å². The third-order valence-electron chi connectivity index (χ3n) is 3.81. The number of halogens is 1. The Hall–Kier alpha value is -2.70. The molecule has 0 unspecified atom stereocenters. The first-order valence-corrected chi connectivity index (χ1v) is 9.39. The number of ether oxygens (including phenoxy) is 1. The van der Waals surface area contributed by atoms with E-state index in [-0.39, 0.29) is 6.61 Å². The predicted molar refractivity (Wildman–Crippen MR) is 107 cm³/mol. The maximum absolute atomic E-state index is 12.3. The van der Waals surface area contributed by atoms with E-state index < -0.39 is 11.9 Å². The van der Waals surface area contributed by atoms with E-state index >= 15 is 0 Å². The van der Waals surface area contributed by atoms with Crippen molar-refractivity contribution >= 4 is 40.5 Å². The molecule has 27 heavy (non-hydrogen) atoms. The molecule has 0 atom stereocenters. The molecule has 0 spiro atoms. The Labute approximate surface area is 166 Å². The van der Waals surface area contributed by atoms with Crippen molar-refractivity contribution in [3.8, 4) is 10.6 Å². The highest BCUT2D eigenvalue weighted by Gasteiger charge is 2.19. The Morgan fingerprint density at radius 3 is 2.63 bits per heavy atom.